The van der Waals surface area contributed by atoms with E-state index in [1.54, 1.807) is 6.07 Å². The zero-order valence-corrected chi connectivity index (χ0v) is 16.7. The van der Waals surface area contributed by atoms with Gasteiger partial charge in [0.25, 0.3) is 0 Å². The van der Waals surface area contributed by atoms with Gasteiger partial charge in [-0.3, -0.25) is 4.79 Å². The maximum absolute atomic E-state index is 12.7. The molecule has 0 radical (unpaired) electrons. The minimum absolute atomic E-state index is 0.112. The molecule has 0 bridgehead atoms. The summed E-state index contributed by atoms with van der Waals surface area (Å²) in [7, 11) is -2.61. The van der Waals surface area contributed by atoms with Gasteiger partial charge < -0.3 is 8.92 Å². The molecule has 3 aliphatic carbocycles. The topological polar surface area (TPSA) is 95.7 Å². The Morgan fingerprint density at radius 1 is 1.19 bits per heavy atom. The molecule has 0 heterocycles. The van der Waals surface area contributed by atoms with Crippen LogP contribution < -0.4 is 14.1 Å². The Balaban J connectivity index is 1.71. The van der Waals surface area contributed by atoms with Crippen LogP contribution in [0.25, 0.3) is 0 Å². The molecule has 4 rings (SSSR count). The number of nitrogens with two attached hydrogens (primary N) is 1. The number of methoxy groups -OCH3 is 1. The number of aryl methyl sites for hydroxylation is 1. The summed E-state index contributed by atoms with van der Waals surface area (Å²) < 4.78 is 33.0. The molecule has 6 nitrogen and oxygen atoms in total. The Morgan fingerprint density at radius 2 is 1.96 bits per heavy atom. The van der Waals surface area contributed by atoms with Crippen LogP contribution in [-0.4, -0.2) is 21.3 Å². The lowest BCUT2D eigenvalue weighted by Crippen LogP contribution is -2.44. The van der Waals surface area contributed by atoms with Gasteiger partial charge in [-0.15, -0.1) is 0 Å². The van der Waals surface area contributed by atoms with Crippen LogP contribution in [0.3, 0.4) is 0 Å². The highest BCUT2D eigenvalue weighted by Crippen LogP contribution is 2.61. The van der Waals surface area contributed by atoms with Crippen molar-refractivity contribution < 1.29 is 22.1 Å². The predicted molar refractivity (Wildman–Crippen MR) is 101 cm³/mol. The van der Waals surface area contributed by atoms with Gasteiger partial charge in [0, 0.05) is 11.8 Å². The van der Waals surface area contributed by atoms with Gasteiger partial charge in [0.05, 0.1) is 7.11 Å². The molecular weight excluding hydrogens is 366 g/mol. The number of Topliss-reactive ketones (excluding diaryl/α,β-unsaturated/α-hetero) is 1. The van der Waals surface area contributed by atoms with Crippen molar-refractivity contribution in [2.75, 3.05) is 7.11 Å². The van der Waals surface area contributed by atoms with Gasteiger partial charge in [-0.05, 0) is 79.5 Å². The molecule has 0 saturated heterocycles. The van der Waals surface area contributed by atoms with Gasteiger partial charge >= 0.3 is 10.3 Å². The monoisotopic (exact) mass is 393 g/mol. The normalized spacial score (nSPS) is 32.4. The Labute approximate surface area is 160 Å². The highest BCUT2D eigenvalue weighted by Gasteiger charge is 2.56. The van der Waals surface area contributed by atoms with Crippen molar-refractivity contribution in [3.8, 4) is 11.5 Å². The van der Waals surface area contributed by atoms with Gasteiger partial charge in [0.1, 0.15) is 5.78 Å². The first-order valence-electron chi connectivity index (χ1n) is 9.75. The second-order valence-electron chi connectivity index (χ2n) is 8.20. The summed E-state index contributed by atoms with van der Waals surface area (Å²) in [5.41, 5.74) is 2.21. The minimum Gasteiger partial charge on any atom is -0.493 e. The highest BCUT2D eigenvalue weighted by atomic mass is 32.2. The highest BCUT2D eigenvalue weighted by molar-refractivity contribution is 7.84. The maximum atomic E-state index is 12.7. The first-order chi connectivity index (χ1) is 12.8. The molecule has 0 aliphatic heterocycles. The molecule has 0 spiro atoms. The van der Waals surface area contributed by atoms with E-state index in [1.807, 2.05) is 6.07 Å². The summed E-state index contributed by atoms with van der Waals surface area (Å²) in [5.74, 6) is 2.36. The number of ketones is 1. The van der Waals surface area contributed by atoms with Crippen LogP contribution in [0.1, 0.15) is 62.5 Å². The van der Waals surface area contributed by atoms with E-state index in [0.29, 0.717) is 29.3 Å². The average Bonchev–Trinajstić information content (AvgIpc) is 2.96. The third-order valence-electron chi connectivity index (χ3n) is 7.29. The van der Waals surface area contributed by atoms with Crippen LogP contribution in [-0.2, 0) is 21.5 Å². The first kappa shape index (κ1) is 18.7. The summed E-state index contributed by atoms with van der Waals surface area (Å²) >= 11 is 0. The summed E-state index contributed by atoms with van der Waals surface area (Å²) in [6.07, 6.45) is 6.49. The van der Waals surface area contributed by atoms with Crippen LogP contribution in [0, 0.1) is 17.3 Å². The molecule has 2 saturated carbocycles. The predicted octanol–water partition coefficient (Wildman–Crippen LogP) is 3.09. The SMILES string of the molecule is CC[C@]12CC[C@@H]3c4cc(OC)c(OS(N)(=O)=O)cc4CC[C@H]3[C@@H]1CCC2=O. The second kappa shape index (κ2) is 6.48. The van der Waals surface area contributed by atoms with Gasteiger partial charge in [0.15, 0.2) is 11.5 Å². The largest absolute Gasteiger partial charge is 0.493 e. The van der Waals surface area contributed by atoms with Crippen LogP contribution in [0.5, 0.6) is 11.5 Å². The molecule has 2 N–H and O–H groups in total. The molecule has 0 amide bonds. The smallest absolute Gasteiger partial charge is 0.380 e. The van der Waals surface area contributed by atoms with Crippen molar-refractivity contribution in [3.05, 3.63) is 23.3 Å². The fourth-order valence-electron chi connectivity index (χ4n) is 6.15. The number of carbonyl (C=O) groups is 1. The van der Waals surface area contributed by atoms with E-state index >= 15 is 0 Å². The lowest BCUT2D eigenvalue weighted by atomic mass is 9.54. The molecule has 1 aromatic rings. The van der Waals surface area contributed by atoms with Crippen molar-refractivity contribution in [2.45, 2.75) is 57.8 Å². The zero-order chi connectivity index (χ0) is 19.4. The van der Waals surface area contributed by atoms with Gasteiger partial charge in [-0.1, -0.05) is 6.92 Å². The van der Waals surface area contributed by atoms with Crippen molar-refractivity contribution in [1.29, 1.82) is 0 Å². The number of hydrogen-bond donors (Lipinski definition) is 1. The molecule has 148 valence electrons. The fraction of sp³-hybridized carbons (Fsp3) is 0.650. The van der Waals surface area contributed by atoms with Gasteiger partial charge in [0.2, 0.25) is 0 Å². The van der Waals surface area contributed by atoms with Crippen molar-refractivity contribution in [2.24, 2.45) is 22.4 Å². The number of rotatable bonds is 4. The number of benzene rings is 1. The van der Waals surface area contributed by atoms with Crippen LogP contribution in [0.15, 0.2) is 12.1 Å². The Kier molecular flexibility index (Phi) is 4.50. The molecule has 3 aliphatic rings. The summed E-state index contributed by atoms with van der Waals surface area (Å²) in [6.45, 7) is 2.16. The molecule has 27 heavy (non-hydrogen) atoms. The minimum atomic E-state index is -4.11. The second-order valence-corrected chi connectivity index (χ2v) is 9.36. The van der Waals surface area contributed by atoms with Crippen molar-refractivity contribution in [1.82, 2.24) is 0 Å². The van der Waals surface area contributed by atoms with E-state index in [1.165, 1.54) is 12.7 Å². The molecular formula is C20H27NO5S. The quantitative estimate of drug-likeness (QED) is 0.848. The average molecular weight is 394 g/mol. The Bertz CT molecular complexity index is 881. The maximum Gasteiger partial charge on any atom is 0.380 e. The zero-order valence-electron chi connectivity index (χ0n) is 15.9. The third kappa shape index (κ3) is 2.95. The molecule has 0 unspecified atom stereocenters. The third-order valence-corrected chi connectivity index (χ3v) is 7.70. The molecule has 4 atom stereocenters. The number of carbonyl (C=O) groups excluding carboxylic acids is 1. The molecule has 2 fully saturated rings. The summed E-state index contributed by atoms with van der Waals surface area (Å²) in [6, 6.07) is 3.68. The standard InChI is InChI=1S/C20H27NO5S/c1-3-20-9-8-13-14(16(20)6-7-19(20)22)5-4-12-10-18(26-27(21,23)24)17(25-2)11-15(12)13/h10-11,13-14,16H,3-9H2,1-2H3,(H2,21,23,24)/t13-,14+,16-,20-/m0/s1. The van der Waals surface area contributed by atoms with Crippen LogP contribution in [0.2, 0.25) is 0 Å². The van der Waals surface area contributed by atoms with Gasteiger partial charge in [-0.25, -0.2) is 0 Å². The number of fused-ring (bicyclic) bond motifs is 5. The van der Waals surface area contributed by atoms with E-state index in [4.69, 9.17) is 14.1 Å². The van der Waals surface area contributed by atoms with E-state index < -0.39 is 10.3 Å². The Morgan fingerprint density at radius 3 is 2.63 bits per heavy atom. The van der Waals surface area contributed by atoms with E-state index in [2.05, 4.69) is 6.92 Å². The van der Waals surface area contributed by atoms with Crippen molar-refractivity contribution in [3.63, 3.8) is 0 Å². The molecule has 0 aromatic heterocycles. The van der Waals surface area contributed by atoms with E-state index in [0.717, 1.165) is 50.5 Å². The molecule has 1 aromatic carbocycles. The van der Waals surface area contributed by atoms with Gasteiger partial charge in [-0.2, -0.15) is 13.6 Å². The lowest BCUT2D eigenvalue weighted by molar-refractivity contribution is -0.131. The lowest BCUT2D eigenvalue weighted by Gasteiger charge is -2.49. The van der Waals surface area contributed by atoms with E-state index in [-0.39, 0.29) is 11.2 Å². The van der Waals surface area contributed by atoms with Crippen molar-refractivity contribution >= 4 is 16.1 Å². The summed E-state index contributed by atoms with van der Waals surface area (Å²) in [4.78, 5) is 12.7. The number of ether oxygens (including phenoxy) is 1. The summed E-state index contributed by atoms with van der Waals surface area (Å²) in [5, 5.41) is 5.04. The molecule has 7 heteroatoms. The first-order valence-corrected chi connectivity index (χ1v) is 11.2. The number of hydrogen-bond acceptors (Lipinski definition) is 5. The fourth-order valence-corrected chi connectivity index (χ4v) is 6.53. The van der Waals surface area contributed by atoms with Crippen LogP contribution in [0.4, 0.5) is 0 Å². The van der Waals surface area contributed by atoms with E-state index in [9.17, 15) is 13.2 Å². The van der Waals surface area contributed by atoms with Crippen LogP contribution >= 0.6 is 0 Å². The Hall–Kier alpha value is -1.60.